The fraction of sp³-hybridized carbons (Fsp3) is 0.622. The van der Waals surface area contributed by atoms with Crippen molar-refractivity contribution in [2.75, 3.05) is 99.0 Å². The molecule has 0 spiro atoms. The van der Waals surface area contributed by atoms with Crippen molar-refractivity contribution in [3.05, 3.63) is 59.7 Å². The van der Waals surface area contributed by atoms with Gasteiger partial charge in [-0.3, -0.25) is 4.79 Å². The van der Waals surface area contributed by atoms with Crippen molar-refractivity contribution >= 4 is 12.1 Å². The maximum absolute atomic E-state index is 12.2. The van der Waals surface area contributed by atoms with E-state index in [1.807, 2.05) is 24.3 Å². The maximum Gasteiger partial charge on any atom is 0.407 e. The first kappa shape index (κ1) is 39.4. The number of ether oxygens (including phenoxy) is 8. The SMILES string of the molecule is CCCCCCCC(=O)OCCOCCOCCOCCOCCOCCOCCNC(=O)OCC1c2ccccc2-c2ccccc21. The molecule has 2 aromatic rings. The Kier molecular flexibility index (Phi) is 21.2. The van der Waals surface area contributed by atoms with E-state index in [0.717, 1.165) is 12.8 Å². The molecule has 3 rings (SSSR count). The van der Waals surface area contributed by atoms with E-state index >= 15 is 0 Å². The number of carbonyl (C=O) groups is 2. The van der Waals surface area contributed by atoms with Gasteiger partial charge in [-0.2, -0.15) is 0 Å². The molecule has 268 valence electrons. The lowest BCUT2D eigenvalue weighted by Crippen LogP contribution is -2.29. The summed E-state index contributed by atoms with van der Waals surface area (Å²) in [6.07, 6.45) is 5.60. The van der Waals surface area contributed by atoms with Gasteiger partial charge in [0.1, 0.15) is 13.2 Å². The molecule has 1 N–H and O–H groups in total. The summed E-state index contributed by atoms with van der Waals surface area (Å²) in [7, 11) is 0. The first-order valence-electron chi connectivity index (χ1n) is 17.4. The van der Waals surface area contributed by atoms with Crippen LogP contribution in [0.2, 0.25) is 0 Å². The van der Waals surface area contributed by atoms with E-state index in [0.29, 0.717) is 92.2 Å². The number of esters is 1. The van der Waals surface area contributed by atoms with Crippen LogP contribution in [-0.4, -0.2) is 111 Å². The molecule has 0 aliphatic heterocycles. The second-order valence-electron chi connectivity index (χ2n) is 11.3. The highest BCUT2D eigenvalue weighted by atomic mass is 16.6. The summed E-state index contributed by atoms with van der Waals surface area (Å²) in [5.41, 5.74) is 4.77. The molecule has 0 unspecified atom stereocenters. The lowest BCUT2D eigenvalue weighted by molar-refractivity contribution is -0.145. The van der Waals surface area contributed by atoms with Crippen molar-refractivity contribution in [1.82, 2.24) is 5.32 Å². The number of nitrogens with one attached hydrogen (secondary N) is 1. The van der Waals surface area contributed by atoms with Gasteiger partial charge in [-0.25, -0.2) is 4.79 Å². The standard InChI is InChI=1S/C37H55NO10/c1-2-3-4-5-6-15-36(39)47-29-28-46-27-26-45-25-24-44-23-22-43-21-20-42-19-18-41-17-16-38-37(40)48-30-35-33-13-9-7-11-31(33)32-12-8-10-14-34(32)35/h7-14,35H,2-6,15-30H2,1H3,(H,38,40). The molecule has 1 aliphatic carbocycles. The summed E-state index contributed by atoms with van der Waals surface area (Å²) in [5, 5.41) is 2.74. The van der Waals surface area contributed by atoms with Crippen LogP contribution in [0.3, 0.4) is 0 Å². The Balaban J connectivity index is 1.00. The number of benzene rings is 2. The second-order valence-corrected chi connectivity index (χ2v) is 11.3. The van der Waals surface area contributed by atoms with Crippen LogP contribution < -0.4 is 5.32 Å². The van der Waals surface area contributed by atoms with Crippen LogP contribution in [0, 0.1) is 0 Å². The molecular weight excluding hydrogens is 618 g/mol. The van der Waals surface area contributed by atoms with Gasteiger partial charge in [-0.1, -0.05) is 81.1 Å². The van der Waals surface area contributed by atoms with Crippen LogP contribution in [0.4, 0.5) is 4.79 Å². The Morgan fingerprint density at radius 2 is 1.02 bits per heavy atom. The monoisotopic (exact) mass is 673 g/mol. The number of amides is 1. The first-order chi connectivity index (χ1) is 23.7. The largest absolute Gasteiger partial charge is 0.463 e. The number of hydrogen-bond donors (Lipinski definition) is 1. The molecule has 0 bridgehead atoms. The molecular formula is C37H55NO10. The fourth-order valence-corrected chi connectivity index (χ4v) is 5.24. The maximum atomic E-state index is 12.2. The molecule has 2 aromatic carbocycles. The summed E-state index contributed by atoms with van der Waals surface area (Å²) in [4.78, 5) is 23.8. The summed E-state index contributed by atoms with van der Waals surface area (Å²) in [6, 6.07) is 16.5. The van der Waals surface area contributed by atoms with E-state index in [1.54, 1.807) is 0 Å². The molecule has 1 amide bonds. The topological polar surface area (TPSA) is 120 Å². The third kappa shape index (κ3) is 16.4. The van der Waals surface area contributed by atoms with Crippen molar-refractivity contribution in [3.8, 4) is 11.1 Å². The van der Waals surface area contributed by atoms with Gasteiger partial charge >= 0.3 is 12.1 Å². The molecule has 48 heavy (non-hydrogen) atoms. The van der Waals surface area contributed by atoms with Crippen LogP contribution in [0.15, 0.2) is 48.5 Å². The summed E-state index contributed by atoms with van der Waals surface area (Å²) >= 11 is 0. The highest BCUT2D eigenvalue weighted by Gasteiger charge is 2.28. The van der Waals surface area contributed by atoms with E-state index < -0.39 is 6.09 Å². The molecule has 0 radical (unpaired) electrons. The predicted octanol–water partition coefficient (Wildman–Crippen LogP) is 5.53. The van der Waals surface area contributed by atoms with Gasteiger partial charge in [0, 0.05) is 18.9 Å². The zero-order valence-electron chi connectivity index (χ0n) is 28.6. The van der Waals surface area contributed by atoms with Gasteiger partial charge in [-0.15, -0.1) is 0 Å². The number of fused-ring (bicyclic) bond motifs is 3. The number of rotatable bonds is 29. The normalized spacial score (nSPS) is 12.1. The molecule has 0 heterocycles. The molecule has 0 atom stereocenters. The van der Waals surface area contributed by atoms with Crippen molar-refractivity contribution in [3.63, 3.8) is 0 Å². The highest BCUT2D eigenvalue weighted by molar-refractivity contribution is 5.79. The van der Waals surface area contributed by atoms with Gasteiger partial charge < -0.3 is 43.2 Å². The molecule has 11 nitrogen and oxygen atoms in total. The average molecular weight is 674 g/mol. The summed E-state index contributed by atoms with van der Waals surface area (Å²) < 4.78 is 43.5. The lowest BCUT2D eigenvalue weighted by Gasteiger charge is -2.14. The predicted molar refractivity (Wildman–Crippen MR) is 182 cm³/mol. The van der Waals surface area contributed by atoms with E-state index in [9.17, 15) is 9.59 Å². The number of hydrogen-bond acceptors (Lipinski definition) is 10. The number of carbonyl (C=O) groups excluding carboxylic acids is 2. The Morgan fingerprint density at radius 1 is 0.562 bits per heavy atom. The third-order valence-electron chi connectivity index (χ3n) is 7.69. The van der Waals surface area contributed by atoms with Crippen LogP contribution in [0.1, 0.15) is 62.5 Å². The first-order valence-corrected chi connectivity index (χ1v) is 17.4. The van der Waals surface area contributed by atoms with Crippen LogP contribution in [0.25, 0.3) is 11.1 Å². The van der Waals surface area contributed by atoms with E-state index in [1.165, 1.54) is 41.5 Å². The Labute approximate surface area is 285 Å². The molecule has 0 aromatic heterocycles. The fourth-order valence-electron chi connectivity index (χ4n) is 5.24. The Hall–Kier alpha value is -3.06. The van der Waals surface area contributed by atoms with Crippen LogP contribution in [0.5, 0.6) is 0 Å². The van der Waals surface area contributed by atoms with Crippen molar-refractivity contribution in [2.24, 2.45) is 0 Å². The molecule has 11 heteroatoms. The minimum absolute atomic E-state index is 0.0379. The van der Waals surface area contributed by atoms with Gasteiger partial charge in [-0.05, 0) is 28.7 Å². The summed E-state index contributed by atoms with van der Waals surface area (Å²) in [6.45, 7) is 8.44. The van der Waals surface area contributed by atoms with Gasteiger partial charge in [0.2, 0.25) is 0 Å². The Morgan fingerprint density at radius 3 is 1.54 bits per heavy atom. The van der Waals surface area contributed by atoms with E-state index in [2.05, 4.69) is 36.5 Å². The second kappa shape index (κ2) is 25.9. The minimum Gasteiger partial charge on any atom is -0.463 e. The molecule has 0 fully saturated rings. The zero-order valence-corrected chi connectivity index (χ0v) is 28.6. The van der Waals surface area contributed by atoms with Crippen LogP contribution >= 0.6 is 0 Å². The Bertz CT molecular complexity index is 1100. The number of unbranched alkanes of at least 4 members (excludes halogenated alkanes) is 4. The van der Waals surface area contributed by atoms with Gasteiger partial charge in [0.15, 0.2) is 0 Å². The number of alkyl carbamates (subject to hydrolysis) is 1. The average Bonchev–Trinajstić information content (AvgIpc) is 3.43. The van der Waals surface area contributed by atoms with Gasteiger partial charge in [0.05, 0.1) is 79.3 Å². The summed E-state index contributed by atoms with van der Waals surface area (Å²) in [5.74, 6) is -0.114. The van der Waals surface area contributed by atoms with Gasteiger partial charge in [0.25, 0.3) is 0 Å². The molecule has 0 saturated heterocycles. The lowest BCUT2D eigenvalue weighted by atomic mass is 9.98. The quantitative estimate of drug-likeness (QED) is 0.0872. The van der Waals surface area contributed by atoms with Crippen molar-refractivity contribution in [1.29, 1.82) is 0 Å². The molecule has 0 saturated carbocycles. The minimum atomic E-state index is -0.453. The molecule has 1 aliphatic rings. The smallest absolute Gasteiger partial charge is 0.407 e. The van der Waals surface area contributed by atoms with Crippen molar-refractivity contribution in [2.45, 2.75) is 51.4 Å². The zero-order chi connectivity index (χ0) is 33.9. The highest BCUT2D eigenvalue weighted by Crippen LogP contribution is 2.44. The van der Waals surface area contributed by atoms with Crippen molar-refractivity contribution < 1.29 is 47.5 Å². The van der Waals surface area contributed by atoms with E-state index in [-0.39, 0.29) is 25.1 Å². The van der Waals surface area contributed by atoms with Crippen LogP contribution in [-0.2, 0) is 42.7 Å². The third-order valence-corrected chi connectivity index (χ3v) is 7.69. The van der Waals surface area contributed by atoms with E-state index in [4.69, 9.17) is 37.9 Å².